The summed E-state index contributed by atoms with van der Waals surface area (Å²) in [6, 6.07) is 30.4. The highest BCUT2D eigenvalue weighted by molar-refractivity contribution is 6.18. The van der Waals surface area contributed by atoms with Crippen LogP contribution in [0.3, 0.4) is 0 Å². The monoisotopic (exact) mass is 545 g/mol. The third-order valence-electron chi connectivity index (χ3n) is 7.30. The van der Waals surface area contributed by atoms with Gasteiger partial charge in [0.25, 0.3) is 0 Å². The van der Waals surface area contributed by atoms with E-state index in [2.05, 4.69) is 0 Å². The van der Waals surface area contributed by atoms with Crippen LogP contribution in [0.5, 0.6) is 11.5 Å². The molecule has 6 rings (SSSR count). The number of aromatic nitrogens is 1. The number of nitrogens with zero attached hydrogens (tertiary/aromatic N) is 1. The number of pyridine rings is 1. The van der Waals surface area contributed by atoms with Gasteiger partial charge in [-0.2, -0.15) is 0 Å². The molecular formula is C34H27NO6. The molecule has 3 aromatic carbocycles. The maximum absolute atomic E-state index is 12.7. The Morgan fingerprint density at radius 2 is 1.24 bits per heavy atom. The third kappa shape index (κ3) is 4.61. The number of aryl methyl sites for hydroxylation is 1. The highest BCUT2D eigenvalue weighted by atomic mass is 16.5. The first-order chi connectivity index (χ1) is 20.0. The van der Waals surface area contributed by atoms with Crippen molar-refractivity contribution in [3.05, 3.63) is 125 Å². The molecule has 2 N–H and O–H groups in total. The Labute approximate surface area is 236 Å². The summed E-state index contributed by atoms with van der Waals surface area (Å²) < 4.78 is 13.8. The van der Waals surface area contributed by atoms with Gasteiger partial charge in [0.05, 0.1) is 11.0 Å². The lowest BCUT2D eigenvalue weighted by molar-refractivity contribution is 0.0655. The van der Waals surface area contributed by atoms with Crippen LogP contribution in [0.1, 0.15) is 44.3 Å². The standard InChI is InChI=1S/C34H27NO6/c1-2-25-26-17-18-27(41-20-22-11-7-4-8-12-22)31-29(33(36)37)30(34(38)39)32(35(26)31)28(25)23-13-15-24(16-14-23)40-19-21-9-5-3-6-10-21/h3-18H,2,19-20H2,1H3,(H,36,37)(H,38,39). The average Bonchev–Trinajstić information content (AvgIpc) is 3.52. The number of rotatable bonds is 10. The van der Waals surface area contributed by atoms with Gasteiger partial charge < -0.3 is 24.1 Å². The molecule has 0 spiro atoms. The molecular weight excluding hydrogens is 518 g/mol. The summed E-state index contributed by atoms with van der Waals surface area (Å²) >= 11 is 0. The lowest BCUT2D eigenvalue weighted by Crippen LogP contribution is -2.07. The normalized spacial score (nSPS) is 11.2. The number of carbonyl (C=O) groups is 2. The molecule has 0 saturated heterocycles. The Bertz CT molecular complexity index is 1860. The number of benzene rings is 3. The molecule has 0 aliphatic carbocycles. The Balaban J connectivity index is 1.49. The molecule has 0 radical (unpaired) electrons. The summed E-state index contributed by atoms with van der Waals surface area (Å²) in [7, 11) is 0. The van der Waals surface area contributed by atoms with Crippen molar-refractivity contribution < 1.29 is 29.3 Å². The third-order valence-corrected chi connectivity index (χ3v) is 7.30. The lowest BCUT2D eigenvalue weighted by atomic mass is 9.96. The summed E-state index contributed by atoms with van der Waals surface area (Å²) in [5, 5.41) is 20.6. The van der Waals surface area contributed by atoms with E-state index in [1.54, 1.807) is 10.5 Å². The summed E-state index contributed by atoms with van der Waals surface area (Å²) in [5.74, 6) is -1.64. The maximum Gasteiger partial charge on any atom is 0.338 e. The second kappa shape index (κ2) is 10.7. The van der Waals surface area contributed by atoms with Crippen molar-refractivity contribution in [2.75, 3.05) is 0 Å². The van der Waals surface area contributed by atoms with Gasteiger partial charge in [-0.3, -0.25) is 0 Å². The first-order valence-corrected chi connectivity index (χ1v) is 13.3. The van der Waals surface area contributed by atoms with E-state index >= 15 is 0 Å². The molecule has 0 aliphatic rings. The Kier molecular flexibility index (Phi) is 6.77. The molecule has 41 heavy (non-hydrogen) atoms. The van der Waals surface area contributed by atoms with E-state index in [1.807, 2.05) is 97.9 Å². The van der Waals surface area contributed by atoms with Gasteiger partial charge in [0, 0.05) is 5.56 Å². The second-order valence-corrected chi connectivity index (χ2v) is 9.76. The predicted molar refractivity (Wildman–Crippen MR) is 156 cm³/mol. The zero-order valence-electron chi connectivity index (χ0n) is 22.3. The second-order valence-electron chi connectivity index (χ2n) is 9.76. The molecule has 0 bridgehead atoms. The van der Waals surface area contributed by atoms with Crippen LogP contribution in [0, 0.1) is 0 Å². The van der Waals surface area contributed by atoms with Crippen LogP contribution in [-0.2, 0) is 19.6 Å². The molecule has 0 atom stereocenters. The highest BCUT2D eigenvalue weighted by Crippen LogP contribution is 2.44. The van der Waals surface area contributed by atoms with Gasteiger partial charge >= 0.3 is 11.9 Å². The molecule has 3 heterocycles. The van der Waals surface area contributed by atoms with Crippen molar-refractivity contribution in [3.63, 3.8) is 0 Å². The fourth-order valence-electron chi connectivity index (χ4n) is 5.49. The van der Waals surface area contributed by atoms with Gasteiger partial charge in [0.1, 0.15) is 41.4 Å². The molecule has 204 valence electrons. The number of hydrogen-bond acceptors (Lipinski definition) is 4. The highest BCUT2D eigenvalue weighted by Gasteiger charge is 2.33. The average molecular weight is 546 g/mol. The van der Waals surface area contributed by atoms with Gasteiger partial charge in [-0.1, -0.05) is 79.7 Å². The molecule has 0 fully saturated rings. The van der Waals surface area contributed by atoms with Crippen molar-refractivity contribution in [3.8, 4) is 22.6 Å². The summed E-state index contributed by atoms with van der Waals surface area (Å²) in [6.45, 7) is 2.64. The molecule has 7 heteroatoms. The zero-order chi connectivity index (χ0) is 28.5. The minimum atomic E-state index is -1.32. The number of hydrogen-bond donors (Lipinski definition) is 2. The molecule has 7 nitrogen and oxygen atoms in total. The molecule has 3 aromatic heterocycles. The van der Waals surface area contributed by atoms with Crippen LogP contribution in [0.15, 0.2) is 97.1 Å². The summed E-state index contributed by atoms with van der Waals surface area (Å²) in [6.07, 6.45) is 0.615. The van der Waals surface area contributed by atoms with Crippen LogP contribution in [-0.4, -0.2) is 26.6 Å². The van der Waals surface area contributed by atoms with Crippen molar-refractivity contribution in [1.29, 1.82) is 0 Å². The fraction of sp³-hybridized carbons (Fsp3) is 0.118. The summed E-state index contributed by atoms with van der Waals surface area (Å²) in [5.41, 5.74) is 5.15. The molecule has 0 saturated carbocycles. The molecule has 0 amide bonds. The van der Waals surface area contributed by atoms with E-state index in [0.29, 0.717) is 35.6 Å². The Hall–Kier alpha value is -5.30. The summed E-state index contributed by atoms with van der Waals surface area (Å²) in [4.78, 5) is 25.3. The molecule has 0 unspecified atom stereocenters. The van der Waals surface area contributed by atoms with Crippen molar-refractivity contribution in [2.24, 2.45) is 0 Å². The Morgan fingerprint density at radius 1 is 0.683 bits per heavy atom. The molecule has 6 aromatic rings. The Morgan fingerprint density at radius 3 is 1.80 bits per heavy atom. The van der Waals surface area contributed by atoms with E-state index < -0.39 is 11.9 Å². The minimum Gasteiger partial charge on any atom is -0.489 e. The fourth-order valence-corrected chi connectivity index (χ4v) is 5.49. The largest absolute Gasteiger partial charge is 0.489 e. The first kappa shape index (κ1) is 26.0. The van der Waals surface area contributed by atoms with E-state index in [9.17, 15) is 19.8 Å². The number of carboxylic acids is 2. The van der Waals surface area contributed by atoms with Gasteiger partial charge in [-0.05, 0) is 52.9 Å². The van der Waals surface area contributed by atoms with E-state index in [1.165, 1.54) is 0 Å². The van der Waals surface area contributed by atoms with Crippen molar-refractivity contribution in [1.82, 2.24) is 4.40 Å². The number of carboxylic acid groups (broad SMARTS) is 2. The van der Waals surface area contributed by atoms with Crippen molar-refractivity contribution in [2.45, 2.75) is 26.6 Å². The maximum atomic E-state index is 12.7. The van der Waals surface area contributed by atoms with Gasteiger partial charge in [0.15, 0.2) is 0 Å². The van der Waals surface area contributed by atoms with Gasteiger partial charge in [0.2, 0.25) is 0 Å². The van der Waals surface area contributed by atoms with Gasteiger partial charge in [-0.15, -0.1) is 0 Å². The van der Waals surface area contributed by atoms with Crippen molar-refractivity contribution >= 4 is 28.5 Å². The van der Waals surface area contributed by atoms with Crippen LogP contribution in [0.4, 0.5) is 0 Å². The minimum absolute atomic E-state index is 0.211. The smallest absolute Gasteiger partial charge is 0.338 e. The lowest BCUT2D eigenvalue weighted by Gasteiger charge is -2.11. The van der Waals surface area contributed by atoms with Crippen LogP contribution in [0.25, 0.3) is 27.7 Å². The first-order valence-electron chi connectivity index (χ1n) is 13.3. The zero-order valence-corrected chi connectivity index (χ0v) is 22.3. The van der Waals surface area contributed by atoms with E-state index in [-0.39, 0.29) is 23.3 Å². The number of aromatic carboxylic acids is 2. The van der Waals surface area contributed by atoms with Crippen LogP contribution in [0.2, 0.25) is 0 Å². The number of ether oxygens (including phenoxy) is 2. The van der Waals surface area contributed by atoms with Gasteiger partial charge in [-0.25, -0.2) is 9.59 Å². The van der Waals surface area contributed by atoms with Crippen LogP contribution < -0.4 is 9.47 Å². The van der Waals surface area contributed by atoms with E-state index in [0.717, 1.165) is 27.8 Å². The predicted octanol–water partition coefficient (Wildman–Crippen LogP) is 7.31. The molecule has 0 aliphatic heterocycles. The van der Waals surface area contributed by atoms with Crippen LogP contribution >= 0.6 is 0 Å². The topological polar surface area (TPSA) is 97.5 Å². The quantitative estimate of drug-likeness (QED) is 0.187. The SMILES string of the molecule is CCc1c(-c2ccc(OCc3ccccc3)cc2)c2c(C(=O)O)c(C(=O)O)c3c(OCc4ccccc4)ccc1n32. The van der Waals surface area contributed by atoms with E-state index in [4.69, 9.17) is 9.47 Å².